The summed E-state index contributed by atoms with van der Waals surface area (Å²) >= 11 is 0. The van der Waals surface area contributed by atoms with Gasteiger partial charge in [-0.05, 0) is 13.8 Å². The lowest BCUT2D eigenvalue weighted by atomic mass is 10.3. The zero-order chi connectivity index (χ0) is 5.98. The van der Waals surface area contributed by atoms with E-state index in [0.29, 0.717) is 12.1 Å². The van der Waals surface area contributed by atoms with E-state index < -0.39 is 0 Å². The second-order valence-corrected chi connectivity index (χ2v) is 2.59. The molecule has 2 N–H and O–H groups in total. The zero-order valence-electron chi connectivity index (χ0n) is 5.55. The molecule has 0 radical (unpaired) electrons. The molecular weight excluding hydrogens is 102 g/mol. The quantitative estimate of drug-likeness (QED) is 0.447. The Kier molecular flexibility index (Phi) is 1.86. The van der Waals surface area contributed by atoms with Crippen LogP contribution in [0.15, 0.2) is 0 Å². The van der Waals surface area contributed by atoms with Crippen LogP contribution in [0, 0.1) is 0 Å². The minimum absolute atomic E-state index is 0.464. The third-order valence-electron chi connectivity index (χ3n) is 1.51. The number of hydrogen-bond acceptors (Lipinski definition) is 1. The monoisotopic (exact) mass is 116 g/mol. The summed E-state index contributed by atoms with van der Waals surface area (Å²) in [5.41, 5.74) is 0. The average molecular weight is 116 g/mol. The molecule has 1 rings (SSSR count). The summed E-state index contributed by atoms with van der Waals surface area (Å²) in [7, 11) is 0. The number of rotatable bonds is 0. The molecule has 0 aromatic rings. The second kappa shape index (κ2) is 2.46. The highest BCUT2D eigenvalue weighted by Crippen LogP contribution is 1.91. The molecule has 0 aliphatic carbocycles. The fraction of sp³-hybridized carbons (Fsp3) is 1.00. The predicted molar refractivity (Wildman–Crippen MR) is 31.7 cm³/mol. The van der Waals surface area contributed by atoms with E-state index in [1.165, 1.54) is 0 Å². The van der Waals surface area contributed by atoms with Gasteiger partial charge in [0.2, 0.25) is 0 Å². The lowest BCUT2D eigenvalue weighted by Gasteiger charge is -2.21. The van der Waals surface area contributed by atoms with E-state index >= 15 is 0 Å². The molecule has 2 heteroatoms. The Morgan fingerprint density at radius 1 is 1.50 bits per heavy atom. The Labute approximate surface area is 50.2 Å². The topological polar surface area (TPSA) is 25.8 Å². The van der Waals surface area contributed by atoms with Crippen molar-refractivity contribution >= 4 is 0 Å². The zero-order valence-corrected chi connectivity index (χ0v) is 5.55. The van der Waals surface area contributed by atoms with Gasteiger partial charge in [-0.2, -0.15) is 0 Å². The van der Waals surface area contributed by atoms with Crippen LogP contribution in [0.4, 0.5) is 0 Å². The summed E-state index contributed by atoms with van der Waals surface area (Å²) in [5.74, 6) is 0. The molecule has 8 heavy (non-hydrogen) atoms. The molecule has 1 fully saturated rings. The summed E-state index contributed by atoms with van der Waals surface area (Å²) < 4.78 is 5.36. The number of ether oxygens (including phenoxy) is 1. The third-order valence-corrected chi connectivity index (χ3v) is 1.51. The molecule has 0 aromatic heterocycles. The lowest BCUT2D eigenvalue weighted by molar-refractivity contribution is -0.707. The molecule has 1 aliphatic rings. The van der Waals surface area contributed by atoms with Crippen molar-refractivity contribution in [3.63, 3.8) is 0 Å². The molecule has 1 saturated heterocycles. The first-order chi connectivity index (χ1) is 3.79. The normalized spacial score (nSPS) is 39.8. The largest absolute Gasteiger partial charge is 0.366 e. The Hall–Kier alpha value is -0.0800. The number of hydrogen-bond donors (Lipinski definition) is 1. The SMILES string of the molecule is C[C@@H]1CO[C@H](C)C[NH2+]1. The van der Waals surface area contributed by atoms with Gasteiger partial charge >= 0.3 is 0 Å². The van der Waals surface area contributed by atoms with Gasteiger partial charge in [0.05, 0.1) is 6.61 Å². The van der Waals surface area contributed by atoms with Crippen LogP contribution in [0.5, 0.6) is 0 Å². The van der Waals surface area contributed by atoms with E-state index in [4.69, 9.17) is 4.74 Å². The van der Waals surface area contributed by atoms with Crippen molar-refractivity contribution in [3.05, 3.63) is 0 Å². The summed E-state index contributed by atoms with van der Waals surface area (Å²) in [4.78, 5) is 0. The van der Waals surface area contributed by atoms with Crippen molar-refractivity contribution in [3.8, 4) is 0 Å². The van der Waals surface area contributed by atoms with Gasteiger partial charge in [-0.1, -0.05) is 0 Å². The highest BCUT2D eigenvalue weighted by Gasteiger charge is 2.16. The third kappa shape index (κ3) is 1.46. The first-order valence-corrected chi connectivity index (χ1v) is 3.24. The highest BCUT2D eigenvalue weighted by molar-refractivity contribution is 4.53. The van der Waals surface area contributed by atoms with Gasteiger partial charge in [0.15, 0.2) is 0 Å². The lowest BCUT2D eigenvalue weighted by Crippen LogP contribution is -2.94. The molecular formula is C6H14NO+. The van der Waals surface area contributed by atoms with Crippen molar-refractivity contribution in [2.24, 2.45) is 0 Å². The van der Waals surface area contributed by atoms with Gasteiger partial charge in [0.1, 0.15) is 18.7 Å². The molecule has 0 bridgehead atoms. The van der Waals surface area contributed by atoms with Gasteiger partial charge < -0.3 is 10.1 Å². The van der Waals surface area contributed by atoms with Crippen molar-refractivity contribution in [1.82, 2.24) is 0 Å². The Bertz CT molecular complexity index is 56.9. The first-order valence-electron chi connectivity index (χ1n) is 3.24. The minimum Gasteiger partial charge on any atom is -0.366 e. The molecule has 48 valence electrons. The van der Waals surface area contributed by atoms with E-state index in [-0.39, 0.29) is 0 Å². The fourth-order valence-electron chi connectivity index (χ4n) is 0.876. The average Bonchev–Trinajstić information content (AvgIpc) is 1.77. The van der Waals surface area contributed by atoms with E-state index in [1.54, 1.807) is 0 Å². The van der Waals surface area contributed by atoms with Crippen LogP contribution in [0.3, 0.4) is 0 Å². The molecule has 2 nitrogen and oxygen atoms in total. The van der Waals surface area contributed by atoms with Gasteiger partial charge in [-0.3, -0.25) is 0 Å². The van der Waals surface area contributed by atoms with Gasteiger partial charge in [0, 0.05) is 0 Å². The molecule has 0 saturated carbocycles. The van der Waals surface area contributed by atoms with Crippen molar-refractivity contribution in [2.45, 2.75) is 26.0 Å². The molecule has 2 atom stereocenters. The Morgan fingerprint density at radius 3 is 2.62 bits per heavy atom. The highest BCUT2D eigenvalue weighted by atomic mass is 16.5. The summed E-state index contributed by atoms with van der Waals surface area (Å²) in [5, 5.41) is 2.33. The van der Waals surface area contributed by atoms with Crippen molar-refractivity contribution in [2.75, 3.05) is 13.2 Å². The summed E-state index contributed by atoms with van der Waals surface area (Å²) in [6.07, 6.45) is 0.464. The van der Waals surface area contributed by atoms with Crippen LogP contribution < -0.4 is 5.32 Å². The van der Waals surface area contributed by atoms with Crippen molar-refractivity contribution < 1.29 is 10.1 Å². The molecule has 0 spiro atoms. The standard InChI is InChI=1S/C6H13NO/c1-5-4-8-6(2)3-7-5/h5-7H,3-4H2,1-2H3/p+1/t5-,6-/m1/s1. The molecule has 0 amide bonds. The van der Waals surface area contributed by atoms with Crippen LogP contribution in [-0.2, 0) is 4.74 Å². The van der Waals surface area contributed by atoms with E-state index in [2.05, 4.69) is 19.2 Å². The molecule has 1 aliphatic heterocycles. The van der Waals surface area contributed by atoms with Gasteiger partial charge in [-0.25, -0.2) is 0 Å². The predicted octanol–water partition coefficient (Wildman–Crippen LogP) is -0.643. The first kappa shape index (κ1) is 6.05. The van der Waals surface area contributed by atoms with Gasteiger partial charge in [-0.15, -0.1) is 0 Å². The van der Waals surface area contributed by atoms with E-state index in [1.807, 2.05) is 0 Å². The van der Waals surface area contributed by atoms with Crippen LogP contribution in [0.1, 0.15) is 13.8 Å². The van der Waals surface area contributed by atoms with E-state index in [9.17, 15) is 0 Å². The summed E-state index contributed by atoms with van der Waals surface area (Å²) in [6.45, 7) is 6.34. The van der Waals surface area contributed by atoms with Crippen LogP contribution >= 0.6 is 0 Å². The van der Waals surface area contributed by atoms with Crippen LogP contribution in [0.2, 0.25) is 0 Å². The minimum atomic E-state index is 0.464. The maximum atomic E-state index is 5.36. The number of morpholine rings is 1. The Morgan fingerprint density at radius 2 is 2.25 bits per heavy atom. The summed E-state index contributed by atoms with van der Waals surface area (Å²) in [6, 6.07) is 0.672. The van der Waals surface area contributed by atoms with Crippen LogP contribution in [-0.4, -0.2) is 25.3 Å². The van der Waals surface area contributed by atoms with Crippen LogP contribution in [0.25, 0.3) is 0 Å². The maximum Gasteiger partial charge on any atom is 0.107 e. The number of nitrogens with two attached hydrogens (primary N) is 1. The molecule has 0 unspecified atom stereocenters. The maximum absolute atomic E-state index is 5.36. The van der Waals surface area contributed by atoms with E-state index in [0.717, 1.165) is 13.2 Å². The number of quaternary nitrogens is 1. The molecule has 1 heterocycles. The molecule has 0 aromatic carbocycles. The smallest absolute Gasteiger partial charge is 0.107 e. The van der Waals surface area contributed by atoms with Crippen molar-refractivity contribution in [1.29, 1.82) is 0 Å². The Balaban J connectivity index is 2.19. The second-order valence-electron chi connectivity index (χ2n) is 2.59. The van der Waals surface area contributed by atoms with Gasteiger partial charge in [0.25, 0.3) is 0 Å². The fourth-order valence-corrected chi connectivity index (χ4v) is 0.876.